The number of rotatable bonds is 28. The van der Waals surface area contributed by atoms with Gasteiger partial charge in [0.05, 0.1) is 25.0 Å². The fourth-order valence-corrected chi connectivity index (χ4v) is 6.75. The monoisotopic (exact) mass is 951 g/mol. The van der Waals surface area contributed by atoms with E-state index in [2.05, 4.69) is 47.2 Å². The van der Waals surface area contributed by atoms with Crippen molar-refractivity contribution in [2.24, 2.45) is 11.5 Å². The summed E-state index contributed by atoms with van der Waals surface area (Å²) in [4.78, 5) is 125. The highest BCUT2D eigenvalue weighted by molar-refractivity contribution is 5.98. The van der Waals surface area contributed by atoms with E-state index in [-0.39, 0.29) is 44.4 Å². The molecule has 0 unspecified atom stereocenters. The molecule has 68 heavy (non-hydrogen) atoms. The molecule has 0 radical (unpaired) electrons. The number of nitrogens with zero attached hydrogens (tertiary/aromatic N) is 1. The third-order valence-electron chi connectivity index (χ3n) is 10.3. The first-order valence-electron chi connectivity index (χ1n) is 21.6. The first kappa shape index (κ1) is 54.9. The zero-order valence-corrected chi connectivity index (χ0v) is 37.8. The second-order valence-electron chi connectivity index (χ2n) is 16.1. The van der Waals surface area contributed by atoms with Crippen molar-refractivity contribution in [1.29, 1.82) is 0 Å². The van der Waals surface area contributed by atoms with Crippen molar-refractivity contribution in [2.45, 2.75) is 120 Å². The Hall–Kier alpha value is -7.44. The number of imidazole rings is 1. The summed E-state index contributed by atoms with van der Waals surface area (Å²) in [5.74, 6) is -9.28. The van der Waals surface area contributed by atoms with E-state index >= 15 is 0 Å². The van der Waals surface area contributed by atoms with Gasteiger partial charge in [-0.1, -0.05) is 42.5 Å². The van der Waals surface area contributed by atoms with Crippen molar-refractivity contribution < 1.29 is 63.6 Å². The summed E-state index contributed by atoms with van der Waals surface area (Å²) < 4.78 is 0. The van der Waals surface area contributed by atoms with Gasteiger partial charge in [-0.25, -0.2) is 4.98 Å². The lowest BCUT2D eigenvalue weighted by Crippen LogP contribution is -2.63. The minimum atomic E-state index is -1.81. The number of aliphatic hydroxyl groups excluding tert-OH is 2. The molecule has 3 rings (SSSR count). The highest BCUT2D eigenvalue weighted by Gasteiger charge is 2.37. The van der Waals surface area contributed by atoms with Gasteiger partial charge in [-0.05, 0) is 62.9 Å². The molecule has 3 aromatic rings. The molecule has 8 amide bonds. The summed E-state index contributed by atoms with van der Waals surface area (Å²) in [5, 5.41) is 57.5. The zero-order valence-electron chi connectivity index (χ0n) is 37.8. The molecule has 16 N–H and O–H groups in total. The molecular weight excluding hydrogens is 891 g/mol. The number of phenols is 1. The Morgan fingerprint density at radius 3 is 1.62 bits per heavy atom. The normalized spacial score (nSPS) is 15.0. The van der Waals surface area contributed by atoms with Gasteiger partial charge in [0.1, 0.15) is 48.0 Å². The van der Waals surface area contributed by atoms with Crippen LogP contribution in [0.5, 0.6) is 5.75 Å². The number of nitrogens with one attached hydrogen (secondary N) is 8. The average molecular weight is 952 g/mol. The van der Waals surface area contributed by atoms with Crippen LogP contribution in [0.15, 0.2) is 67.1 Å². The third kappa shape index (κ3) is 18.4. The molecule has 1 aromatic heterocycles. The molecule has 24 heteroatoms. The van der Waals surface area contributed by atoms with E-state index in [9.17, 15) is 63.6 Å². The number of benzene rings is 2. The van der Waals surface area contributed by atoms with Gasteiger partial charge < -0.3 is 74.1 Å². The van der Waals surface area contributed by atoms with Gasteiger partial charge in [0.2, 0.25) is 47.3 Å². The number of carbonyl (C=O) groups excluding carboxylic acids is 8. The summed E-state index contributed by atoms with van der Waals surface area (Å²) in [6, 6.07) is 3.36. The van der Waals surface area contributed by atoms with Gasteiger partial charge in [0, 0.05) is 38.1 Å². The minimum absolute atomic E-state index is 0.0121. The van der Waals surface area contributed by atoms with Crippen LogP contribution in [-0.4, -0.2) is 145 Å². The number of aromatic hydroxyl groups is 1. The number of H-pyrrole nitrogens is 1. The number of primary amides is 1. The van der Waals surface area contributed by atoms with E-state index in [1.165, 1.54) is 50.6 Å². The van der Waals surface area contributed by atoms with Crippen LogP contribution < -0.4 is 48.7 Å². The largest absolute Gasteiger partial charge is 0.508 e. The van der Waals surface area contributed by atoms with Gasteiger partial charge >= 0.3 is 5.97 Å². The van der Waals surface area contributed by atoms with Gasteiger partial charge in [-0.15, -0.1) is 0 Å². The fourth-order valence-electron chi connectivity index (χ4n) is 6.75. The standard InChI is InChI=1S/C44H61N11O13/c1-23(56)36(43(67)51-31(38(46)62)17-27-12-14-29(59)15-13-27)55-42(66)33(19-28-21-47-22-48-28)53-44(68)37(24(2)57)54-39(63)30(11-7-8-16-45)50-41(65)34(20-35(60)61)52-40(64)32(49-25(3)58)18-26-9-5-4-6-10-26/h4-6,9-10,12-15,21-24,30-34,36-37,56-57,59H,7-8,11,16-20,45H2,1-3H3,(H2,46,62)(H,47,48)(H,49,58)(H,50,65)(H,51,67)(H,52,64)(H,53,68)(H,54,63)(H,55,66)(H,60,61)/t23-,24-,30+,31+,32+,33+,34+,36+,37+/m1/s1. The smallest absolute Gasteiger partial charge is 0.305 e. The number of aliphatic hydroxyl groups is 2. The maximum atomic E-state index is 13.9. The SMILES string of the molecule is CC(=O)N[C@@H](Cc1ccccc1)C(=O)N[C@@H](CC(=O)O)C(=O)N[C@@H](CCCCN)C(=O)N[C@H](C(=O)N[C@@H](Cc1cnc[nH]1)C(=O)N[C@H](C(=O)N[C@@H](Cc1ccc(O)cc1)C(N)=O)[C@@H](C)O)[C@@H](C)O. The number of carbonyl (C=O) groups is 9. The van der Waals surface area contributed by atoms with Gasteiger partial charge in [0.25, 0.3) is 0 Å². The summed E-state index contributed by atoms with van der Waals surface area (Å²) in [5.41, 5.74) is 12.7. The molecule has 370 valence electrons. The second-order valence-corrected chi connectivity index (χ2v) is 16.1. The number of aliphatic carboxylic acids is 1. The minimum Gasteiger partial charge on any atom is -0.508 e. The van der Waals surface area contributed by atoms with E-state index < -0.39 is 114 Å². The Balaban J connectivity index is 1.83. The van der Waals surface area contributed by atoms with Crippen molar-refractivity contribution in [3.05, 3.63) is 83.9 Å². The Morgan fingerprint density at radius 1 is 0.618 bits per heavy atom. The van der Waals surface area contributed by atoms with Crippen LogP contribution in [-0.2, 0) is 62.4 Å². The molecule has 0 aliphatic heterocycles. The van der Waals surface area contributed by atoms with E-state index in [1.54, 1.807) is 30.3 Å². The van der Waals surface area contributed by atoms with Crippen LogP contribution in [0.2, 0.25) is 0 Å². The topological polar surface area (TPSA) is 399 Å². The molecule has 24 nitrogen and oxygen atoms in total. The van der Waals surface area contributed by atoms with Crippen molar-refractivity contribution >= 4 is 53.2 Å². The summed E-state index contributed by atoms with van der Waals surface area (Å²) in [6.45, 7) is 3.69. The van der Waals surface area contributed by atoms with Crippen LogP contribution in [0.25, 0.3) is 0 Å². The predicted octanol–water partition coefficient (Wildman–Crippen LogP) is -3.59. The Bertz CT molecular complexity index is 2170. The molecule has 1 heterocycles. The molecule has 0 aliphatic carbocycles. The lowest BCUT2D eigenvalue weighted by molar-refractivity contribution is -0.141. The highest BCUT2D eigenvalue weighted by atomic mass is 16.4. The van der Waals surface area contributed by atoms with E-state index in [0.29, 0.717) is 23.2 Å². The molecular formula is C44H61N11O13. The number of nitrogens with two attached hydrogens (primary N) is 2. The second kappa shape index (κ2) is 27.3. The van der Waals surface area contributed by atoms with E-state index in [4.69, 9.17) is 11.5 Å². The van der Waals surface area contributed by atoms with Gasteiger partial charge in [-0.2, -0.15) is 0 Å². The number of carboxylic acid groups (broad SMARTS) is 1. The van der Waals surface area contributed by atoms with Crippen molar-refractivity contribution in [3.63, 3.8) is 0 Å². The third-order valence-corrected chi connectivity index (χ3v) is 10.3. The molecule has 0 saturated heterocycles. The summed E-state index contributed by atoms with van der Waals surface area (Å²) in [7, 11) is 0. The van der Waals surface area contributed by atoms with Gasteiger partial charge in [-0.3, -0.25) is 43.2 Å². The maximum absolute atomic E-state index is 13.9. The van der Waals surface area contributed by atoms with Crippen LogP contribution in [0.1, 0.15) is 63.3 Å². The first-order valence-corrected chi connectivity index (χ1v) is 21.6. The maximum Gasteiger partial charge on any atom is 0.305 e. The molecule has 0 fully saturated rings. The van der Waals surface area contributed by atoms with E-state index in [0.717, 1.165) is 6.92 Å². The number of hydrogen-bond acceptors (Lipinski definition) is 14. The predicted molar refractivity (Wildman–Crippen MR) is 241 cm³/mol. The molecule has 0 spiro atoms. The Kier molecular flexibility index (Phi) is 22.0. The molecule has 2 aromatic carbocycles. The lowest BCUT2D eigenvalue weighted by Gasteiger charge is -2.29. The summed E-state index contributed by atoms with van der Waals surface area (Å²) in [6.07, 6.45) is -1.49. The Labute approximate surface area is 391 Å². The number of amides is 8. The molecule has 0 saturated carbocycles. The number of unbranched alkanes of at least 4 members (excludes halogenated alkanes) is 1. The highest BCUT2D eigenvalue weighted by Crippen LogP contribution is 2.13. The number of carboxylic acids is 1. The number of aromatic amines is 1. The first-order chi connectivity index (χ1) is 32.2. The van der Waals surface area contributed by atoms with Crippen molar-refractivity contribution in [3.8, 4) is 5.75 Å². The quantitative estimate of drug-likeness (QED) is 0.0313. The molecule has 0 aliphatic rings. The Morgan fingerprint density at radius 2 is 1.10 bits per heavy atom. The fraction of sp³-hybridized carbons (Fsp3) is 0.455. The van der Waals surface area contributed by atoms with Crippen LogP contribution >= 0.6 is 0 Å². The zero-order chi connectivity index (χ0) is 50.5. The van der Waals surface area contributed by atoms with E-state index in [1.807, 2.05) is 0 Å². The van der Waals surface area contributed by atoms with Crippen molar-refractivity contribution in [2.75, 3.05) is 6.54 Å². The van der Waals surface area contributed by atoms with Crippen molar-refractivity contribution in [1.82, 2.24) is 47.2 Å². The summed E-state index contributed by atoms with van der Waals surface area (Å²) >= 11 is 0. The number of aromatic nitrogens is 2. The van der Waals surface area contributed by atoms with Crippen LogP contribution in [0, 0.1) is 0 Å². The molecule has 0 bridgehead atoms. The molecule has 9 atom stereocenters. The average Bonchev–Trinajstić information content (AvgIpc) is 3.79. The van der Waals surface area contributed by atoms with Crippen LogP contribution in [0.4, 0.5) is 0 Å². The lowest BCUT2D eigenvalue weighted by atomic mass is 10.0. The van der Waals surface area contributed by atoms with Crippen LogP contribution in [0.3, 0.4) is 0 Å². The van der Waals surface area contributed by atoms with Gasteiger partial charge in [0.15, 0.2) is 0 Å². The number of hydrogen-bond donors (Lipinski definition) is 14. The number of phenolic OH excluding ortho intramolecular Hbond substituents is 1.